The van der Waals surface area contributed by atoms with Crippen LogP contribution in [0.1, 0.15) is 32.7 Å². The maximum absolute atomic E-state index is 12.8. The minimum absolute atomic E-state index is 0.177. The molecule has 0 radical (unpaired) electrons. The molecule has 6 heteroatoms. The first-order valence-corrected chi connectivity index (χ1v) is 8.50. The predicted octanol–water partition coefficient (Wildman–Crippen LogP) is 2.56. The normalized spacial score (nSPS) is 10.4. The number of hydrogen-bond acceptors (Lipinski definition) is 3. The molecule has 2 aromatic rings. The molecule has 0 fully saturated rings. The van der Waals surface area contributed by atoms with Crippen molar-refractivity contribution in [1.82, 2.24) is 10.6 Å². The second-order valence-corrected chi connectivity index (χ2v) is 5.81. The zero-order valence-corrected chi connectivity index (χ0v) is 14.8. The van der Waals surface area contributed by atoms with Crippen LogP contribution in [0, 0.1) is 5.82 Å². The van der Waals surface area contributed by atoms with Gasteiger partial charge in [0.25, 0.3) is 11.8 Å². The number of halogens is 1. The number of benzene rings is 2. The molecule has 0 aliphatic rings. The van der Waals surface area contributed by atoms with Crippen LogP contribution in [0.2, 0.25) is 0 Å². The fraction of sp³-hybridized carbons (Fsp3) is 0.300. The highest BCUT2D eigenvalue weighted by Crippen LogP contribution is 2.06. The molecule has 0 aliphatic carbocycles. The third-order valence-corrected chi connectivity index (χ3v) is 3.83. The Morgan fingerprint density at radius 1 is 0.885 bits per heavy atom. The molecule has 2 amide bonds. The Bertz CT molecular complexity index is 715. The zero-order chi connectivity index (χ0) is 18.8. The Hall–Kier alpha value is -2.73. The lowest BCUT2D eigenvalue weighted by Gasteiger charge is -2.07. The maximum Gasteiger partial charge on any atom is 0.251 e. The van der Waals surface area contributed by atoms with Gasteiger partial charge in [-0.1, -0.05) is 12.1 Å². The molecule has 2 aromatic carbocycles. The fourth-order valence-corrected chi connectivity index (χ4v) is 2.37. The van der Waals surface area contributed by atoms with E-state index in [1.54, 1.807) is 43.5 Å². The molecule has 2 rings (SSSR count). The van der Waals surface area contributed by atoms with Crippen LogP contribution in [0.15, 0.2) is 48.5 Å². The van der Waals surface area contributed by atoms with Gasteiger partial charge in [0.2, 0.25) is 0 Å². The summed E-state index contributed by atoms with van der Waals surface area (Å²) in [6, 6.07) is 12.7. The van der Waals surface area contributed by atoms with Gasteiger partial charge >= 0.3 is 0 Å². The molecule has 0 aliphatic heterocycles. The van der Waals surface area contributed by atoms with Crippen molar-refractivity contribution < 1.29 is 18.7 Å². The van der Waals surface area contributed by atoms with Crippen LogP contribution >= 0.6 is 0 Å². The molecule has 0 saturated carbocycles. The van der Waals surface area contributed by atoms with Crippen molar-refractivity contribution in [1.29, 1.82) is 0 Å². The molecule has 0 aromatic heterocycles. The molecular formula is C20H23FN2O3. The molecule has 0 unspecified atom stereocenters. The largest absolute Gasteiger partial charge is 0.385 e. The Morgan fingerprint density at radius 2 is 1.42 bits per heavy atom. The van der Waals surface area contributed by atoms with Crippen LogP contribution in [-0.2, 0) is 11.2 Å². The van der Waals surface area contributed by atoms with E-state index in [0.717, 1.165) is 12.0 Å². The maximum atomic E-state index is 12.8. The highest BCUT2D eigenvalue weighted by atomic mass is 19.1. The van der Waals surface area contributed by atoms with Gasteiger partial charge in [-0.3, -0.25) is 9.59 Å². The molecular weight excluding hydrogens is 335 g/mol. The van der Waals surface area contributed by atoms with Crippen molar-refractivity contribution in [3.8, 4) is 0 Å². The van der Waals surface area contributed by atoms with Crippen molar-refractivity contribution in [2.24, 2.45) is 0 Å². The summed E-state index contributed by atoms with van der Waals surface area (Å²) < 4.78 is 17.8. The predicted molar refractivity (Wildman–Crippen MR) is 97.7 cm³/mol. The minimum Gasteiger partial charge on any atom is -0.385 e. The molecule has 5 nitrogen and oxygen atoms in total. The van der Waals surface area contributed by atoms with Gasteiger partial charge in [0, 0.05) is 37.9 Å². The lowest BCUT2D eigenvalue weighted by molar-refractivity contribution is 0.0939. The van der Waals surface area contributed by atoms with E-state index < -0.39 is 0 Å². The SMILES string of the molecule is COCCCNC(=O)c1ccc(C(=O)NCCc2ccc(F)cc2)cc1. The number of rotatable bonds is 9. The molecule has 0 saturated heterocycles. The van der Waals surface area contributed by atoms with E-state index in [1.165, 1.54) is 12.1 Å². The third kappa shape index (κ3) is 6.29. The van der Waals surface area contributed by atoms with Crippen LogP contribution in [0.4, 0.5) is 4.39 Å². The Labute approximate surface area is 152 Å². The lowest BCUT2D eigenvalue weighted by atomic mass is 10.1. The molecule has 0 bridgehead atoms. The van der Waals surface area contributed by atoms with Crippen LogP contribution in [0.3, 0.4) is 0 Å². The van der Waals surface area contributed by atoms with Gasteiger partial charge in [-0.25, -0.2) is 4.39 Å². The van der Waals surface area contributed by atoms with Gasteiger partial charge in [0.05, 0.1) is 0 Å². The molecule has 2 N–H and O–H groups in total. The van der Waals surface area contributed by atoms with E-state index in [9.17, 15) is 14.0 Å². The van der Waals surface area contributed by atoms with Crippen molar-refractivity contribution in [2.75, 3.05) is 26.8 Å². The average molecular weight is 358 g/mol. The molecule has 0 spiro atoms. The third-order valence-electron chi connectivity index (χ3n) is 3.83. The van der Waals surface area contributed by atoms with Crippen LogP contribution in [0.5, 0.6) is 0 Å². The first-order chi connectivity index (χ1) is 12.6. The molecule has 0 atom stereocenters. The van der Waals surface area contributed by atoms with Gasteiger partial charge in [-0.15, -0.1) is 0 Å². The summed E-state index contributed by atoms with van der Waals surface area (Å²) in [6.07, 6.45) is 1.37. The molecule has 0 heterocycles. The van der Waals surface area contributed by atoms with Gasteiger partial charge in [-0.05, 0) is 54.8 Å². The molecule has 26 heavy (non-hydrogen) atoms. The van der Waals surface area contributed by atoms with E-state index in [2.05, 4.69) is 10.6 Å². The molecule has 138 valence electrons. The van der Waals surface area contributed by atoms with Gasteiger partial charge in [0.15, 0.2) is 0 Å². The standard InChI is InChI=1S/C20H23FN2O3/c1-26-14-2-12-22-19(24)16-5-7-17(8-6-16)20(25)23-13-11-15-3-9-18(21)10-4-15/h3-10H,2,11-14H2,1H3,(H,22,24)(H,23,25). The first kappa shape index (κ1) is 19.6. The fourth-order valence-electron chi connectivity index (χ4n) is 2.37. The summed E-state index contributed by atoms with van der Waals surface area (Å²) in [5.41, 5.74) is 1.94. The second kappa shape index (κ2) is 10.3. The highest BCUT2D eigenvalue weighted by Gasteiger charge is 2.08. The van der Waals surface area contributed by atoms with E-state index >= 15 is 0 Å². The monoisotopic (exact) mass is 358 g/mol. The van der Waals surface area contributed by atoms with Crippen LogP contribution in [-0.4, -0.2) is 38.6 Å². The average Bonchev–Trinajstić information content (AvgIpc) is 2.66. The van der Waals surface area contributed by atoms with E-state index in [0.29, 0.717) is 37.2 Å². The van der Waals surface area contributed by atoms with Crippen molar-refractivity contribution in [3.63, 3.8) is 0 Å². The highest BCUT2D eigenvalue weighted by molar-refractivity contribution is 5.97. The van der Waals surface area contributed by atoms with Gasteiger partial charge < -0.3 is 15.4 Å². The first-order valence-electron chi connectivity index (χ1n) is 8.50. The summed E-state index contributed by atoms with van der Waals surface area (Å²) in [6.45, 7) is 1.59. The number of nitrogens with one attached hydrogen (secondary N) is 2. The van der Waals surface area contributed by atoms with Gasteiger partial charge in [0.1, 0.15) is 5.82 Å². The van der Waals surface area contributed by atoms with Crippen LogP contribution in [0.25, 0.3) is 0 Å². The minimum atomic E-state index is -0.277. The quantitative estimate of drug-likeness (QED) is 0.677. The van der Waals surface area contributed by atoms with Crippen molar-refractivity contribution >= 4 is 11.8 Å². The smallest absolute Gasteiger partial charge is 0.251 e. The number of hydrogen-bond donors (Lipinski definition) is 2. The summed E-state index contributed by atoms with van der Waals surface area (Å²) in [5.74, 6) is -0.663. The Kier molecular flexibility index (Phi) is 7.76. The van der Waals surface area contributed by atoms with Crippen LogP contribution < -0.4 is 10.6 Å². The number of ether oxygens (including phenoxy) is 1. The van der Waals surface area contributed by atoms with Gasteiger partial charge in [-0.2, -0.15) is 0 Å². The van der Waals surface area contributed by atoms with E-state index in [1.807, 2.05) is 0 Å². The van der Waals surface area contributed by atoms with Crippen molar-refractivity contribution in [3.05, 3.63) is 71.0 Å². The summed E-state index contributed by atoms with van der Waals surface area (Å²) >= 11 is 0. The van der Waals surface area contributed by atoms with E-state index in [4.69, 9.17) is 4.74 Å². The van der Waals surface area contributed by atoms with E-state index in [-0.39, 0.29) is 17.6 Å². The number of amides is 2. The number of methoxy groups -OCH3 is 1. The topological polar surface area (TPSA) is 67.4 Å². The summed E-state index contributed by atoms with van der Waals surface area (Å²) in [4.78, 5) is 24.1. The van der Waals surface area contributed by atoms with Crippen molar-refractivity contribution in [2.45, 2.75) is 12.8 Å². The Morgan fingerprint density at radius 3 is 1.96 bits per heavy atom. The zero-order valence-electron chi connectivity index (χ0n) is 14.8. The summed E-state index contributed by atoms with van der Waals surface area (Å²) in [5, 5.41) is 5.60. The second-order valence-electron chi connectivity index (χ2n) is 5.81. The lowest BCUT2D eigenvalue weighted by Crippen LogP contribution is -2.27. The summed E-state index contributed by atoms with van der Waals surface area (Å²) in [7, 11) is 1.62. The Balaban J connectivity index is 1.78. The number of carbonyl (C=O) groups is 2. The number of carbonyl (C=O) groups excluding carboxylic acids is 2.